The molecule has 23 heavy (non-hydrogen) atoms. The average Bonchev–Trinajstić information content (AvgIpc) is 3.08. The Hall–Kier alpha value is -3.35. The smallest absolute Gasteiger partial charge is 0.427 e. The number of nitrogens with one attached hydrogen (secondary N) is 1. The number of ether oxygens (including phenoxy) is 2. The van der Waals surface area contributed by atoms with E-state index < -0.39 is 12.1 Å². The van der Waals surface area contributed by atoms with Crippen LogP contribution in [-0.2, 0) is 9.53 Å². The number of amides is 1. The van der Waals surface area contributed by atoms with Gasteiger partial charge in [-0.15, -0.1) is 0 Å². The third-order valence-corrected chi connectivity index (χ3v) is 2.58. The molecule has 1 heterocycles. The first kappa shape index (κ1) is 16.0. The van der Waals surface area contributed by atoms with Gasteiger partial charge in [0.25, 0.3) is 0 Å². The molecule has 0 aliphatic heterocycles. The summed E-state index contributed by atoms with van der Waals surface area (Å²) >= 11 is 0. The molecule has 0 atom stereocenters. The molecule has 1 aromatic carbocycles. The Morgan fingerprint density at radius 1 is 1.22 bits per heavy atom. The molecule has 118 valence electrons. The molecule has 0 saturated carbocycles. The first-order valence-electron chi connectivity index (χ1n) is 6.58. The molecule has 0 spiro atoms. The first-order chi connectivity index (χ1) is 11.2. The molecule has 0 unspecified atom stereocenters. The predicted octanol–water partition coefficient (Wildman–Crippen LogP) is 2.59. The molecule has 2 aromatic rings. The van der Waals surface area contributed by atoms with Gasteiger partial charge < -0.3 is 13.9 Å². The lowest BCUT2D eigenvalue weighted by Crippen LogP contribution is -2.16. The van der Waals surface area contributed by atoms with E-state index in [2.05, 4.69) is 15.3 Å². The maximum Gasteiger partial charge on any atom is 0.427 e. The van der Waals surface area contributed by atoms with Gasteiger partial charge in [0.05, 0.1) is 19.6 Å². The highest BCUT2D eigenvalue weighted by atomic mass is 16.5. The minimum atomic E-state index is -0.657. The lowest BCUT2D eigenvalue weighted by atomic mass is 10.2. The highest BCUT2D eigenvalue weighted by Crippen LogP contribution is 2.12. The van der Waals surface area contributed by atoms with Crippen molar-refractivity contribution < 1.29 is 23.5 Å². The normalized spacial score (nSPS) is 10.8. The summed E-state index contributed by atoms with van der Waals surface area (Å²) in [5, 5.41) is 3.68. The van der Waals surface area contributed by atoms with Gasteiger partial charge in [0.2, 0.25) is 0 Å². The number of carbonyl (C=O) groups is 2. The van der Waals surface area contributed by atoms with E-state index in [1.807, 2.05) is 0 Å². The summed E-state index contributed by atoms with van der Waals surface area (Å²) < 4.78 is 14.6. The summed E-state index contributed by atoms with van der Waals surface area (Å²) in [5.74, 6) is 0.430. The molecule has 0 aliphatic carbocycles. The lowest BCUT2D eigenvalue weighted by Gasteiger charge is -2.01. The Kier molecular flexibility index (Phi) is 5.70. The topological polar surface area (TPSA) is 90.1 Å². The summed E-state index contributed by atoms with van der Waals surface area (Å²) in [5.41, 5.74) is 2.88. The second-order valence-electron chi connectivity index (χ2n) is 4.20. The molecule has 0 fully saturated rings. The van der Waals surface area contributed by atoms with Crippen LogP contribution in [0.1, 0.15) is 11.3 Å². The van der Waals surface area contributed by atoms with E-state index in [9.17, 15) is 9.59 Å². The maximum atomic E-state index is 11.6. The first-order valence-corrected chi connectivity index (χ1v) is 6.58. The zero-order valence-electron chi connectivity index (χ0n) is 12.3. The fraction of sp³-hybridized carbons (Fsp3) is 0.0625. The molecule has 2 rings (SSSR count). The van der Waals surface area contributed by atoms with Crippen LogP contribution in [0.2, 0.25) is 0 Å². The van der Waals surface area contributed by atoms with Gasteiger partial charge >= 0.3 is 12.1 Å². The number of hydrogen-bond acceptors (Lipinski definition) is 6. The number of hydrogen-bond donors (Lipinski definition) is 1. The van der Waals surface area contributed by atoms with E-state index in [0.717, 1.165) is 0 Å². The zero-order valence-corrected chi connectivity index (χ0v) is 12.3. The van der Waals surface area contributed by atoms with Gasteiger partial charge in [-0.05, 0) is 48.0 Å². The van der Waals surface area contributed by atoms with Crippen molar-refractivity contribution in [2.24, 2.45) is 5.10 Å². The summed E-state index contributed by atoms with van der Waals surface area (Å²) in [4.78, 5) is 22.4. The van der Waals surface area contributed by atoms with Crippen LogP contribution in [0.4, 0.5) is 4.79 Å². The summed E-state index contributed by atoms with van der Waals surface area (Å²) in [7, 11) is 1.24. The molecule has 7 nitrogen and oxygen atoms in total. The molecule has 1 amide bonds. The molecule has 0 bridgehead atoms. The van der Waals surface area contributed by atoms with Gasteiger partial charge in [0.1, 0.15) is 11.5 Å². The van der Waals surface area contributed by atoms with Crippen LogP contribution < -0.4 is 10.2 Å². The number of benzene rings is 1. The van der Waals surface area contributed by atoms with E-state index in [-0.39, 0.29) is 0 Å². The number of furan rings is 1. The van der Waals surface area contributed by atoms with Gasteiger partial charge in [-0.25, -0.2) is 15.0 Å². The quantitative estimate of drug-likeness (QED) is 0.301. The van der Waals surface area contributed by atoms with E-state index >= 15 is 0 Å². The van der Waals surface area contributed by atoms with Gasteiger partial charge in [0.15, 0.2) is 0 Å². The lowest BCUT2D eigenvalue weighted by molar-refractivity contribution is -0.128. The largest absolute Gasteiger partial charge is 0.465 e. The average molecular weight is 314 g/mol. The van der Waals surface area contributed by atoms with Crippen LogP contribution in [0, 0.1) is 0 Å². The highest BCUT2D eigenvalue weighted by Gasteiger charge is 2.01. The van der Waals surface area contributed by atoms with E-state index in [0.29, 0.717) is 17.1 Å². The summed E-state index contributed by atoms with van der Waals surface area (Å²) in [6.07, 6.45) is 5.07. The van der Waals surface area contributed by atoms with Crippen LogP contribution in [0.25, 0.3) is 6.08 Å². The SMILES string of the molecule is COC(=O)NN=Cc1ccc(OC(=O)C=Cc2ccco2)cc1. The van der Waals surface area contributed by atoms with Crippen LogP contribution in [-0.4, -0.2) is 25.4 Å². The number of esters is 1. The van der Waals surface area contributed by atoms with E-state index in [1.165, 1.54) is 31.7 Å². The van der Waals surface area contributed by atoms with Crippen molar-refractivity contribution >= 4 is 24.4 Å². The monoisotopic (exact) mass is 314 g/mol. The molecule has 0 radical (unpaired) electrons. The van der Waals surface area contributed by atoms with Gasteiger partial charge in [-0.2, -0.15) is 5.10 Å². The van der Waals surface area contributed by atoms with Crippen molar-refractivity contribution in [3.63, 3.8) is 0 Å². The summed E-state index contributed by atoms with van der Waals surface area (Å²) in [6.45, 7) is 0. The van der Waals surface area contributed by atoms with Gasteiger partial charge in [-0.1, -0.05) is 0 Å². The maximum absolute atomic E-state index is 11.6. The highest BCUT2D eigenvalue weighted by molar-refractivity contribution is 5.88. The molecular formula is C16H14N2O5. The number of hydrazone groups is 1. The third kappa shape index (κ3) is 5.50. The molecule has 7 heteroatoms. The number of methoxy groups -OCH3 is 1. The van der Waals surface area contributed by atoms with Crippen molar-refractivity contribution in [3.05, 3.63) is 60.1 Å². The fourth-order valence-electron chi connectivity index (χ4n) is 1.51. The van der Waals surface area contributed by atoms with Crippen LogP contribution in [0.3, 0.4) is 0 Å². The third-order valence-electron chi connectivity index (χ3n) is 2.58. The molecular weight excluding hydrogens is 300 g/mol. The Morgan fingerprint density at radius 2 is 2.00 bits per heavy atom. The van der Waals surface area contributed by atoms with Crippen molar-refractivity contribution in [3.8, 4) is 5.75 Å². The Labute approximate surface area is 132 Å². The Bertz CT molecular complexity index is 703. The van der Waals surface area contributed by atoms with E-state index in [4.69, 9.17) is 9.15 Å². The van der Waals surface area contributed by atoms with Gasteiger partial charge in [0, 0.05) is 6.08 Å². The second kappa shape index (κ2) is 8.18. The Balaban J connectivity index is 1.87. The van der Waals surface area contributed by atoms with Crippen LogP contribution in [0.5, 0.6) is 5.75 Å². The number of rotatable bonds is 5. The minimum absolute atomic E-state index is 0.386. The molecule has 1 aromatic heterocycles. The molecule has 1 N–H and O–H groups in total. The standard InChI is InChI=1S/C16H14N2O5/c1-21-16(20)18-17-11-12-4-6-14(7-5-12)23-15(19)9-8-13-3-2-10-22-13/h2-11H,1H3,(H,18,20). The van der Waals surface area contributed by atoms with Crippen molar-refractivity contribution in [2.45, 2.75) is 0 Å². The zero-order chi connectivity index (χ0) is 16.5. The second-order valence-corrected chi connectivity index (χ2v) is 4.20. The number of carbonyl (C=O) groups excluding carboxylic acids is 2. The van der Waals surface area contributed by atoms with Crippen molar-refractivity contribution in [1.82, 2.24) is 5.43 Å². The molecule has 0 saturated heterocycles. The predicted molar refractivity (Wildman–Crippen MR) is 83.0 cm³/mol. The Morgan fingerprint density at radius 3 is 2.65 bits per heavy atom. The minimum Gasteiger partial charge on any atom is -0.465 e. The van der Waals surface area contributed by atoms with Gasteiger partial charge in [-0.3, -0.25) is 0 Å². The summed E-state index contributed by atoms with van der Waals surface area (Å²) in [6, 6.07) is 10.0. The van der Waals surface area contributed by atoms with E-state index in [1.54, 1.807) is 36.4 Å². The van der Waals surface area contributed by atoms with Crippen LogP contribution >= 0.6 is 0 Å². The molecule has 0 aliphatic rings. The number of nitrogens with zero attached hydrogens (tertiary/aromatic N) is 1. The van der Waals surface area contributed by atoms with Crippen LogP contribution in [0.15, 0.2) is 58.3 Å². The van der Waals surface area contributed by atoms with Crippen molar-refractivity contribution in [2.75, 3.05) is 7.11 Å². The fourth-order valence-corrected chi connectivity index (χ4v) is 1.51. The van der Waals surface area contributed by atoms with Crippen molar-refractivity contribution in [1.29, 1.82) is 0 Å².